The summed E-state index contributed by atoms with van der Waals surface area (Å²) < 4.78 is 33.2. The second kappa shape index (κ2) is 23.9. The van der Waals surface area contributed by atoms with Gasteiger partial charge in [-0.2, -0.15) is 0 Å². The Morgan fingerprint density at radius 3 is 1.87 bits per heavy atom. The quantitative estimate of drug-likeness (QED) is 0.0127. The highest BCUT2D eigenvalue weighted by molar-refractivity contribution is 8.00. The monoisotopic (exact) mass is 1180 g/mol. The number of nitrogens with one attached hydrogen (secondary N) is 2. The zero-order chi connectivity index (χ0) is 58.6. The number of rotatable bonds is 17. The van der Waals surface area contributed by atoms with Crippen LogP contribution in [-0.4, -0.2) is 93.1 Å². The molecule has 422 valence electrons. The first-order valence-electron chi connectivity index (χ1n) is 25.4. The van der Waals surface area contributed by atoms with Crippen molar-refractivity contribution >= 4 is 109 Å². The molecule has 2 aromatic heterocycles. The Morgan fingerprint density at radius 2 is 1.34 bits per heavy atom. The fourth-order valence-electron chi connectivity index (χ4n) is 9.07. The minimum atomic E-state index is -1.90. The number of thiazole rings is 1. The molecule has 2 aliphatic heterocycles. The summed E-state index contributed by atoms with van der Waals surface area (Å²) in [6, 6.07) is 40.4. The minimum Gasteiger partial charge on any atom is -0.497 e. The van der Waals surface area contributed by atoms with E-state index in [1.165, 1.54) is 60.4 Å². The van der Waals surface area contributed by atoms with Crippen molar-refractivity contribution in [3.8, 4) is 17.2 Å². The van der Waals surface area contributed by atoms with Crippen LogP contribution in [0.2, 0.25) is 0 Å². The number of hydrogen-bond donors (Lipinski definition) is 2. The molecule has 9 rings (SSSR count). The number of aromatic nitrogens is 1. The van der Waals surface area contributed by atoms with E-state index in [1.807, 2.05) is 91.0 Å². The lowest BCUT2D eigenvalue weighted by atomic mass is 9.77. The van der Waals surface area contributed by atoms with Gasteiger partial charge < -0.3 is 43.9 Å². The van der Waals surface area contributed by atoms with Crippen LogP contribution in [0.1, 0.15) is 74.4 Å². The Hall–Kier alpha value is -8.44. The number of ether oxygens (including phenoxy) is 6. The topological polar surface area (TPSA) is 220 Å². The molecule has 2 amide bonds. The zero-order valence-electron chi connectivity index (χ0n) is 45.6. The summed E-state index contributed by atoms with van der Waals surface area (Å²) in [7, 11) is 2.79. The summed E-state index contributed by atoms with van der Waals surface area (Å²) in [5.74, 6) is -2.61. The van der Waals surface area contributed by atoms with E-state index in [0.29, 0.717) is 16.4 Å². The van der Waals surface area contributed by atoms with Gasteiger partial charge in [0.15, 0.2) is 33.3 Å². The van der Waals surface area contributed by atoms with E-state index >= 15 is 4.79 Å². The number of oxime groups is 1. The number of fused-ring (bicyclic) bond motifs is 2. The number of esters is 1. The van der Waals surface area contributed by atoms with Gasteiger partial charge in [-0.05, 0) is 82.0 Å². The smallest absolute Gasteiger partial charge is 0.497 e. The molecule has 1 saturated heterocycles. The van der Waals surface area contributed by atoms with E-state index < -0.39 is 63.2 Å². The second-order valence-electron chi connectivity index (χ2n) is 20.6. The van der Waals surface area contributed by atoms with Crippen LogP contribution in [0.15, 0.2) is 154 Å². The molecular formula is C60H55N5O13S4. The molecule has 18 nitrogen and oxygen atoms in total. The van der Waals surface area contributed by atoms with Gasteiger partial charge in [-0.3, -0.25) is 19.3 Å². The van der Waals surface area contributed by atoms with Gasteiger partial charge >= 0.3 is 18.3 Å². The zero-order valence-corrected chi connectivity index (χ0v) is 48.9. The summed E-state index contributed by atoms with van der Waals surface area (Å²) in [6.45, 7) is 9.58. The van der Waals surface area contributed by atoms with Crippen LogP contribution in [0, 0.1) is 0 Å². The third-order valence-electron chi connectivity index (χ3n) is 12.7. The van der Waals surface area contributed by atoms with E-state index in [1.54, 1.807) is 71.2 Å². The highest BCUT2D eigenvalue weighted by atomic mass is 32.2. The SMILES string of the molecule is CO/N=C(\C(=O)NC1(C=S)C(=O)N2C(C(=O)OCc3ccc(OC)cc3)=C(c3cc(=O)c4cc(OC(=O)OC(C)(C)C)c(OC(=O)OC(C)(C)C)cc4s3)CS[C@H]21)c1csc(NC(c2ccccc2)(c2ccccc2)c2ccccc2)n1. The fourth-order valence-corrected chi connectivity index (χ4v) is 12.9. The Bertz CT molecular complexity index is 3610. The van der Waals surface area contributed by atoms with Gasteiger partial charge in [0, 0.05) is 49.2 Å². The molecule has 2 aliphatic rings. The average Bonchev–Trinajstić information content (AvgIpc) is 4.06. The maximum absolute atomic E-state index is 15.0. The van der Waals surface area contributed by atoms with E-state index in [-0.39, 0.29) is 61.5 Å². The van der Waals surface area contributed by atoms with Crippen LogP contribution < -0.4 is 30.3 Å². The van der Waals surface area contributed by atoms with Crippen LogP contribution in [-0.2, 0) is 45.6 Å². The van der Waals surface area contributed by atoms with Crippen molar-refractivity contribution in [2.45, 2.75) is 75.8 Å². The number of anilines is 1. The molecule has 2 N–H and O–H groups in total. The standard InChI is InChI=1S/C60H55N5O13S4/c1-57(2,3)77-55(70)75-44-28-40-43(66)29-46(82-47(40)30-45(44)76-56(71)78-58(4,5)6)41-32-80-53-59(34-79,52(69)65(53)49(41)51(68)74-31-35-24-26-39(72-7)27-25-35)62-50(67)48(64-73-8)42-33-81-54(61-42)63-60(36-18-12-9-13-19-36,37-20-14-10-15-21-37)38-22-16-11-17-23-38/h9-30,33-34,53H,31-32H2,1-8H3,(H,61,63)(H,62,67)/b64-48-/t53-,59?/m0/s1. The number of benzene rings is 5. The molecule has 0 saturated carbocycles. The van der Waals surface area contributed by atoms with Crippen LogP contribution >= 0.6 is 46.7 Å². The predicted octanol–water partition coefficient (Wildman–Crippen LogP) is 11.0. The number of carbonyl (C=O) groups excluding carboxylic acids is 5. The molecule has 5 aromatic carbocycles. The average molecular weight is 1180 g/mol. The maximum Gasteiger partial charge on any atom is 0.514 e. The number of hydrogen-bond acceptors (Lipinski definition) is 20. The maximum atomic E-state index is 15.0. The van der Waals surface area contributed by atoms with Gasteiger partial charge in [-0.25, -0.2) is 19.4 Å². The first-order chi connectivity index (χ1) is 39.2. The molecule has 82 heavy (non-hydrogen) atoms. The van der Waals surface area contributed by atoms with Crippen molar-refractivity contribution < 1.29 is 57.2 Å². The number of β-lactam (4-membered cyclic amide) rings is 1. The van der Waals surface area contributed by atoms with Crippen LogP contribution in [0.25, 0.3) is 15.7 Å². The van der Waals surface area contributed by atoms with E-state index in [0.717, 1.165) is 33.4 Å². The number of thiocarbonyl (C=S) groups is 1. The molecule has 7 aromatic rings. The normalized spacial score (nSPS) is 16.2. The van der Waals surface area contributed by atoms with E-state index in [4.69, 9.17) is 50.5 Å². The highest BCUT2D eigenvalue weighted by Gasteiger charge is 2.65. The molecule has 1 fully saturated rings. The molecule has 1 unspecified atom stereocenters. The summed E-state index contributed by atoms with van der Waals surface area (Å²) in [6.07, 6.45) is -2.26. The van der Waals surface area contributed by atoms with Crippen molar-refractivity contribution in [2.24, 2.45) is 5.16 Å². The third-order valence-corrected chi connectivity index (χ3v) is 16.3. The van der Waals surface area contributed by atoms with Crippen molar-refractivity contribution in [2.75, 3.05) is 25.3 Å². The van der Waals surface area contributed by atoms with Crippen molar-refractivity contribution in [1.82, 2.24) is 15.2 Å². The highest BCUT2D eigenvalue weighted by Crippen LogP contribution is 2.49. The minimum absolute atomic E-state index is 0.0170. The first-order valence-corrected chi connectivity index (χ1v) is 28.6. The van der Waals surface area contributed by atoms with Crippen LogP contribution in [0.3, 0.4) is 0 Å². The van der Waals surface area contributed by atoms with Crippen LogP contribution in [0.5, 0.6) is 17.2 Å². The number of thioether (sulfide) groups is 1. The number of nitrogens with zero attached hydrogens (tertiary/aromatic N) is 3. The van der Waals surface area contributed by atoms with Gasteiger partial charge in [-0.1, -0.05) is 121 Å². The Balaban J connectivity index is 1.06. The lowest BCUT2D eigenvalue weighted by Crippen LogP contribution is -2.80. The summed E-state index contributed by atoms with van der Waals surface area (Å²) in [5.41, 5.74) is -2.14. The van der Waals surface area contributed by atoms with Gasteiger partial charge in [0.2, 0.25) is 0 Å². The lowest BCUT2D eigenvalue weighted by Gasteiger charge is -2.55. The van der Waals surface area contributed by atoms with E-state index in [2.05, 4.69) is 15.8 Å². The van der Waals surface area contributed by atoms with E-state index in [9.17, 15) is 24.0 Å². The van der Waals surface area contributed by atoms with Gasteiger partial charge in [0.05, 0.1) is 7.11 Å². The Kier molecular flexibility index (Phi) is 17.0. The molecule has 2 atom stereocenters. The van der Waals surface area contributed by atoms with Gasteiger partial charge in [0.1, 0.15) is 53.0 Å². The summed E-state index contributed by atoms with van der Waals surface area (Å²) in [4.78, 5) is 96.2. The summed E-state index contributed by atoms with van der Waals surface area (Å²) >= 11 is 8.99. The third kappa shape index (κ3) is 12.2. The molecule has 0 spiro atoms. The Morgan fingerprint density at radius 1 is 0.780 bits per heavy atom. The number of amides is 2. The second-order valence-corrected chi connectivity index (χ2v) is 23.8. The molecule has 22 heteroatoms. The van der Waals surface area contributed by atoms with Crippen molar-refractivity contribution in [3.05, 3.63) is 188 Å². The molecule has 0 bridgehead atoms. The van der Waals surface area contributed by atoms with Gasteiger partial charge in [0.25, 0.3) is 11.8 Å². The lowest BCUT2D eigenvalue weighted by molar-refractivity contribution is -0.155. The summed E-state index contributed by atoms with van der Waals surface area (Å²) in [5, 5.41) is 12.9. The predicted molar refractivity (Wildman–Crippen MR) is 318 cm³/mol. The molecular weight excluding hydrogens is 1130 g/mol. The largest absolute Gasteiger partial charge is 0.514 e. The van der Waals surface area contributed by atoms with Crippen molar-refractivity contribution in [3.63, 3.8) is 0 Å². The Labute approximate surface area is 489 Å². The van der Waals surface area contributed by atoms with Crippen molar-refractivity contribution in [1.29, 1.82) is 0 Å². The fraction of sp³-hybridized carbons (Fsp3) is 0.250. The number of carbonyl (C=O) groups is 5. The molecule has 0 aliphatic carbocycles. The first kappa shape index (κ1) is 58.2. The van der Waals surface area contributed by atoms with Gasteiger partial charge in [-0.15, -0.1) is 34.4 Å². The molecule has 0 radical (unpaired) electrons. The molecule has 4 heterocycles. The number of methoxy groups -OCH3 is 1. The van der Waals surface area contributed by atoms with Crippen LogP contribution in [0.4, 0.5) is 14.7 Å².